The number of carbonyl (C=O) groups excluding carboxylic acids is 4. The zero-order chi connectivity index (χ0) is 87.7. The minimum absolute atomic E-state index is 0.192. The summed E-state index contributed by atoms with van der Waals surface area (Å²) in [5.41, 5.74) is -48.6. The fourth-order valence-corrected chi connectivity index (χ4v) is 18.0. The summed E-state index contributed by atoms with van der Waals surface area (Å²) in [5.74, 6) is -5.36. The topological polar surface area (TPSA) is 499 Å². The molecule has 0 amide bonds. The lowest BCUT2D eigenvalue weighted by Gasteiger charge is -2.65. The van der Waals surface area contributed by atoms with Gasteiger partial charge in [-0.3, -0.25) is 19.2 Å². The second-order valence-corrected chi connectivity index (χ2v) is 37.9. The number of hydrogen-bond donors (Lipinski definition) is 14. The Morgan fingerprint density at radius 1 is 0.265 bits per heavy atom. The van der Waals surface area contributed by atoms with E-state index in [0.717, 1.165) is 34.6 Å². The van der Waals surface area contributed by atoms with E-state index in [4.69, 9.17) is 75.8 Å². The Balaban J connectivity index is 1.26. The highest BCUT2D eigenvalue weighted by molar-refractivity contribution is 5.67. The van der Waals surface area contributed by atoms with Gasteiger partial charge < -0.3 is 147 Å². The van der Waals surface area contributed by atoms with Crippen molar-refractivity contribution in [2.75, 3.05) is 99.6 Å². The molecule has 6 rings (SSSR count). The van der Waals surface area contributed by atoms with E-state index in [2.05, 4.69) is 0 Å². The van der Waals surface area contributed by atoms with Gasteiger partial charge in [0.15, 0.2) is 5.79 Å². The summed E-state index contributed by atoms with van der Waals surface area (Å²) in [6.07, 6.45) is -7.82. The smallest absolute Gasteiger partial charge is 0.302 e. The Labute approximate surface area is 665 Å². The molecule has 0 saturated carbocycles. The fourth-order valence-electron chi connectivity index (χ4n) is 18.0. The first kappa shape index (κ1) is 98.7. The molecule has 660 valence electrons. The van der Waals surface area contributed by atoms with Crippen LogP contribution in [0.25, 0.3) is 0 Å². The molecule has 113 heavy (non-hydrogen) atoms. The van der Waals surface area contributed by atoms with E-state index >= 15 is 0 Å². The van der Waals surface area contributed by atoms with Crippen molar-refractivity contribution in [3.05, 3.63) is 0 Å². The standard InChI is InChI=1S/C79H140O34/c1-31-50-65(15,84)76(26,95)74(24,93)63(13,108-50)44-100-38-57(7)52(33-104-47(3)81)111-62(12,73(23,92)68(57,18)87)43-102-40-59(9)54(35-106-49(5)83)113-79(29,78(28,97)70(59,20)89)107-36-55-66(16,85)77(27,96)75(25,94)64(14,112-55)45-101-39-58(8)53(34-105-48(4)82)110-61(11,72(22,91)69(58,19)88)42-99-37-56(6)51(32-103-46(2)80)109-60(10,41-98-30)71(21,90)67(56,17)86/h50-55,84-97H,31-45H2,1-30H3. The third-order valence-electron chi connectivity index (χ3n) is 30.8. The van der Waals surface area contributed by atoms with Crippen LogP contribution in [0.2, 0.25) is 0 Å². The molecule has 14 N–H and O–H groups in total. The average molecular weight is 1630 g/mol. The SMILES string of the molecule is CCC1OC(C)(COCC2(C)C(COC(C)=O)OC(C)(COCC3(C)C(COC(C)=O)OC(C)(OCC4OC(C)(COCC5(C)C(COC(C)=O)OC(C)(COCC6(C)C(COC(C)=O)OC(C)(COC)C(C)(O)C6(C)O)C(C)(O)C5(C)O)C(C)(O)C(C)(O)C4(C)O)C(C)(O)C3(C)O)C(C)(O)C2(C)O)C(C)(O)C(C)(O)C1(C)O. The maximum absolute atomic E-state index is 13.2. The number of ether oxygens (including phenoxy) is 16. The lowest BCUT2D eigenvalue weighted by Crippen LogP contribution is -2.83. The number of esters is 4. The van der Waals surface area contributed by atoms with Gasteiger partial charge in [-0.2, -0.15) is 0 Å². The first-order valence-corrected chi connectivity index (χ1v) is 38.6. The van der Waals surface area contributed by atoms with Gasteiger partial charge in [-0.15, -0.1) is 0 Å². The quantitative estimate of drug-likeness (QED) is 0.0350. The first-order chi connectivity index (χ1) is 50.5. The van der Waals surface area contributed by atoms with E-state index in [9.17, 15) is 90.7 Å². The summed E-state index contributed by atoms with van der Waals surface area (Å²) >= 11 is 0. The molecular formula is C79H140O34. The Hall–Kier alpha value is -3.16. The van der Waals surface area contributed by atoms with Crippen molar-refractivity contribution in [1.82, 2.24) is 0 Å². The summed E-state index contributed by atoms with van der Waals surface area (Å²) in [4.78, 5) is 50.0. The zero-order valence-corrected chi connectivity index (χ0v) is 72.5. The van der Waals surface area contributed by atoms with Crippen molar-refractivity contribution in [1.29, 1.82) is 0 Å². The molecule has 30 atom stereocenters. The van der Waals surface area contributed by atoms with Crippen LogP contribution in [0.4, 0.5) is 0 Å². The Kier molecular flexibility index (Phi) is 27.1. The van der Waals surface area contributed by atoms with Gasteiger partial charge in [0.25, 0.3) is 0 Å². The molecule has 0 aliphatic carbocycles. The van der Waals surface area contributed by atoms with E-state index in [1.165, 1.54) is 159 Å². The molecule has 0 bridgehead atoms. The van der Waals surface area contributed by atoms with E-state index in [0.29, 0.717) is 0 Å². The highest BCUT2D eigenvalue weighted by Crippen LogP contribution is 2.61. The van der Waals surface area contributed by atoms with Crippen LogP contribution in [0.1, 0.15) is 207 Å². The van der Waals surface area contributed by atoms with Gasteiger partial charge in [-0.25, -0.2) is 0 Å². The number of hydrogen-bond acceptors (Lipinski definition) is 34. The molecule has 30 unspecified atom stereocenters. The van der Waals surface area contributed by atoms with Crippen LogP contribution >= 0.6 is 0 Å². The second-order valence-electron chi connectivity index (χ2n) is 37.9. The summed E-state index contributed by atoms with van der Waals surface area (Å²) in [7, 11) is 1.39. The van der Waals surface area contributed by atoms with Crippen molar-refractivity contribution in [2.24, 2.45) is 21.7 Å². The van der Waals surface area contributed by atoms with E-state index < -0.39 is 280 Å². The van der Waals surface area contributed by atoms with Crippen LogP contribution in [0.5, 0.6) is 0 Å². The number of methoxy groups -OCH3 is 1. The monoisotopic (exact) mass is 1630 g/mol. The summed E-state index contributed by atoms with van der Waals surface area (Å²) < 4.78 is 99.1. The van der Waals surface area contributed by atoms with Gasteiger partial charge in [0, 0.05) is 34.8 Å². The Bertz CT molecular complexity index is 3400. The summed E-state index contributed by atoms with van der Waals surface area (Å²) in [6, 6.07) is 0. The Morgan fingerprint density at radius 2 is 0.478 bits per heavy atom. The van der Waals surface area contributed by atoms with Crippen LogP contribution < -0.4 is 0 Å². The van der Waals surface area contributed by atoms with Gasteiger partial charge in [0.05, 0.1) is 93.8 Å². The molecule has 34 heteroatoms. The molecule has 6 heterocycles. The summed E-state index contributed by atoms with van der Waals surface area (Å²) in [6.45, 7) is 31.1. The van der Waals surface area contributed by atoms with Gasteiger partial charge in [0.1, 0.15) is 163 Å². The Morgan fingerprint density at radius 3 is 0.726 bits per heavy atom. The van der Waals surface area contributed by atoms with Crippen LogP contribution in [-0.2, 0) is 95.0 Å². The molecule has 0 aromatic rings. The maximum atomic E-state index is 13.2. The molecule has 6 saturated heterocycles. The fraction of sp³-hybridized carbons (Fsp3) is 0.949. The van der Waals surface area contributed by atoms with Crippen molar-refractivity contribution >= 4 is 23.9 Å². The van der Waals surface area contributed by atoms with E-state index in [1.807, 2.05) is 0 Å². The molecule has 6 aliphatic rings. The van der Waals surface area contributed by atoms with Crippen molar-refractivity contribution in [2.45, 2.75) is 356 Å². The lowest BCUT2D eigenvalue weighted by atomic mass is 9.56. The van der Waals surface area contributed by atoms with Gasteiger partial charge in [0.2, 0.25) is 0 Å². The van der Waals surface area contributed by atoms with Crippen LogP contribution in [0.15, 0.2) is 0 Å². The molecule has 6 aliphatic heterocycles. The molecule has 0 aromatic heterocycles. The number of rotatable bonds is 30. The van der Waals surface area contributed by atoms with Crippen LogP contribution in [0, 0.1) is 21.7 Å². The van der Waals surface area contributed by atoms with Crippen molar-refractivity contribution in [3.8, 4) is 0 Å². The molecule has 0 aromatic carbocycles. The van der Waals surface area contributed by atoms with Gasteiger partial charge in [-0.05, 0) is 145 Å². The molecule has 6 fully saturated rings. The molecule has 0 radical (unpaired) electrons. The minimum Gasteiger partial charge on any atom is -0.463 e. The number of aliphatic hydroxyl groups is 14. The third kappa shape index (κ3) is 14.9. The van der Waals surface area contributed by atoms with E-state index in [1.54, 1.807) is 13.8 Å². The minimum atomic E-state index is -2.59. The predicted octanol–water partition coefficient (Wildman–Crippen LogP) is 0.820. The normalized spacial score (nSPS) is 52.2. The predicted molar refractivity (Wildman–Crippen MR) is 399 cm³/mol. The number of carbonyl (C=O) groups is 4. The lowest BCUT2D eigenvalue weighted by molar-refractivity contribution is -0.440. The van der Waals surface area contributed by atoms with Crippen molar-refractivity contribution in [3.63, 3.8) is 0 Å². The average Bonchev–Trinajstić information content (AvgIpc) is 0.696. The maximum Gasteiger partial charge on any atom is 0.302 e. The van der Waals surface area contributed by atoms with Gasteiger partial charge in [-0.1, -0.05) is 34.6 Å². The largest absolute Gasteiger partial charge is 0.463 e. The second kappa shape index (κ2) is 31.1. The highest BCUT2D eigenvalue weighted by atomic mass is 16.7. The first-order valence-electron chi connectivity index (χ1n) is 38.6. The van der Waals surface area contributed by atoms with Crippen molar-refractivity contribution < 1.29 is 166 Å². The van der Waals surface area contributed by atoms with Crippen LogP contribution in [-0.4, -0.2) is 344 Å². The molecule has 34 nitrogen and oxygen atoms in total. The zero-order valence-electron chi connectivity index (χ0n) is 72.5. The summed E-state index contributed by atoms with van der Waals surface area (Å²) in [5, 5.41) is 175. The third-order valence-corrected chi connectivity index (χ3v) is 30.8. The highest BCUT2D eigenvalue weighted by Gasteiger charge is 2.78. The van der Waals surface area contributed by atoms with Gasteiger partial charge >= 0.3 is 23.9 Å². The van der Waals surface area contributed by atoms with E-state index in [-0.39, 0.29) is 13.0 Å². The molecular weight excluding hydrogens is 1490 g/mol. The molecule has 0 spiro atoms. The van der Waals surface area contributed by atoms with Crippen LogP contribution in [0.3, 0.4) is 0 Å².